The Morgan fingerprint density at radius 1 is 1.50 bits per heavy atom. The van der Waals surface area contributed by atoms with Crippen molar-refractivity contribution in [2.24, 2.45) is 11.3 Å². The number of aliphatic hydroxyl groups is 1. The van der Waals surface area contributed by atoms with Gasteiger partial charge in [-0.2, -0.15) is 0 Å². The highest BCUT2D eigenvalue weighted by Gasteiger charge is 2.41. The Hall–Kier alpha value is -0.120. The van der Waals surface area contributed by atoms with Gasteiger partial charge in [-0.25, -0.2) is 0 Å². The molecule has 0 aromatic carbocycles. The first kappa shape index (κ1) is 13.9. The summed E-state index contributed by atoms with van der Waals surface area (Å²) in [7, 11) is 4.18. The Morgan fingerprint density at radius 2 is 2.12 bits per heavy atom. The molecule has 1 saturated carbocycles. The number of nitrogens with one attached hydrogen (secondary N) is 1. The molecular weight excluding hydrogens is 200 g/mol. The van der Waals surface area contributed by atoms with Gasteiger partial charge in [0.1, 0.15) is 0 Å². The highest BCUT2D eigenvalue weighted by Crippen LogP contribution is 2.41. The zero-order chi connectivity index (χ0) is 12.3. The summed E-state index contributed by atoms with van der Waals surface area (Å²) in [6.07, 6.45) is 2.59. The van der Waals surface area contributed by atoms with Crippen molar-refractivity contribution in [2.45, 2.75) is 45.7 Å². The normalized spacial score (nSPS) is 30.9. The molecule has 0 aliphatic heterocycles. The van der Waals surface area contributed by atoms with E-state index in [-0.39, 0.29) is 12.6 Å². The second-order valence-electron chi connectivity index (χ2n) is 6.02. The lowest BCUT2D eigenvalue weighted by Gasteiger charge is -2.33. The fraction of sp³-hybridized carbons (Fsp3) is 1.00. The lowest BCUT2D eigenvalue weighted by molar-refractivity contribution is 0.130. The molecule has 0 aromatic rings. The minimum atomic E-state index is 0.247. The Balaban J connectivity index is 2.55. The smallest absolute Gasteiger partial charge is 0.0584 e. The molecule has 3 unspecified atom stereocenters. The lowest BCUT2D eigenvalue weighted by Crippen LogP contribution is -2.45. The van der Waals surface area contributed by atoms with Crippen LogP contribution in [0.2, 0.25) is 0 Å². The van der Waals surface area contributed by atoms with Crippen molar-refractivity contribution in [1.82, 2.24) is 10.2 Å². The van der Waals surface area contributed by atoms with Gasteiger partial charge in [-0.05, 0) is 45.2 Å². The van der Waals surface area contributed by atoms with E-state index in [4.69, 9.17) is 5.11 Å². The molecule has 0 amide bonds. The Morgan fingerprint density at radius 3 is 2.62 bits per heavy atom. The largest absolute Gasteiger partial charge is 0.395 e. The third-order valence-electron chi connectivity index (χ3n) is 4.32. The van der Waals surface area contributed by atoms with E-state index in [1.54, 1.807) is 0 Å². The van der Waals surface area contributed by atoms with Crippen molar-refractivity contribution in [2.75, 3.05) is 27.2 Å². The lowest BCUT2D eigenvalue weighted by atomic mass is 9.85. The number of hydrogen-bond acceptors (Lipinski definition) is 3. The van der Waals surface area contributed by atoms with E-state index >= 15 is 0 Å². The van der Waals surface area contributed by atoms with Crippen LogP contribution < -0.4 is 5.32 Å². The van der Waals surface area contributed by atoms with Crippen LogP contribution in [0.25, 0.3) is 0 Å². The number of likely N-dealkylation sites (N-methyl/N-ethyl adjacent to an activating group) is 1. The van der Waals surface area contributed by atoms with Crippen molar-refractivity contribution in [3.8, 4) is 0 Å². The van der Waals surface area contributed by atoms with Crippen molar-refractivity contribution in [1.29, 1.82) is 0 Å². The number of rotatable bonds is 5. The first-order valence-electron chi connectivity index (χ1n) is 6.40. The molecular formula is C13H28N2O. The van der Waals surface area contributed by atoms with Gasteiger partial charge >= 0.3 is 0 Å². The van der Waals surface area contributed by atoms with E-state index in [2.05, 4.69) is 45.1 Å². The van der Waals surface area contributed by atoms with Crippen LogP contribution in [-0.2, 0) is 0 Å². The van der Waals surface area contributed by atoms with Crippen LogP contribution in [0.3, 0.4) is 0 Å². The Bertz CT molecular complexity index is 218. The molecule has 1 aliphatic carbocycles. The number of hydrogen-bond donors (Lipinski definition) is 2. The van der Waals surface area contributed by atoms with E-state index in [0.29, 0.717) is 17.4 Å². The Labute approximate surface area is 100 Å². The number of nitrogens with zero attached hydrogens (tertiary/aromatic N) is 1. The number of aliphatic hydroxyl groups excluding tert-OH is 1. The van der Waals surface area contributed by atoms with E-state index in [0.717, 1.165) is 6.54 Å². The molecule has 1 aliphatic rings. The fourth-order valence-electron chi connectivity index (χ4n) is 3.03. The van der Waals surface area contributed by atoms with E-state index in [9.17, 15) is 0 Å². The molecule has 0 radical (unpaired) electrons. The molecule has 2 N–H and O–H groups in total. The van der Waals surface area contributed by atoms with E-state index < -0.39 is 0 Å². The van der Waals surface area contributed by atoms with Gasteiger partial charge in [0.15, 0.2) is 0 Å². The van der Waals surface area contributed by atoms with Crippen LogP contribution in [-0.4, -0.2) is 49.3 Å². The molecule has 96 valence electrons. The van der Waals surface area contributed by atoms with Crippen LogP contribution in [0.1, 0.15) is 33.6 Å². The molecule has 1 rings (SSSR count). The van der Waals surface area contributed by atoms with Gasteiger partial charge in [-0.15, -0.1) is 0 Å². The van der Waals surface area contributed by atoms with Crippen LogP contribution in [0.5, 0.6) is 0 Å². The molecule has 0 heterocycles. The highest BCUT2D eigenvalue weighted by molar-refractivity contribution is 4.96. The molecule has 0 saturated heterocycles. The average molecular weight is 228 g/mol. The summed E-state index contributed by atoms with van der Waals surface area (Å²) in [4.78, 5) is 2.27. The first-order chi connectivity index (χ1) is 7.42. The van der Waals surface area contributed by atoms with Crippen molar-refractivity contribution in [3.05, 3.63) is 0 Å². The summed E-state index contributed by atoms with van der Waals surface area (Å²) in [6, 6.07) is 0.863. The summed E-state index contributed by atoms with van der Waals surface area (Å²) in [5.41, 5.74) is 0.405. The zero-order valence-electron chi connectivity index (χ0n) is 11.5. The fourth-order valence-corrected chi connectivity index (χ4v) is 3.03. The van der Waals surface area contributed by atoms with Gasteiger partial charge in [-0.1, -0.05) is 13.8 Å². The van der Waals surface area contributed by atoms with E-state index in [1.807, 2.05) is 0 Å². The summed E-state index contributed by atoms with van der Waals surface area (Å²) in [5.74, 6) is 0.707. The topological polar surface area (TPSA) is 35.5 Å². The molecule has 1 fully saturated rings. The molecule has 3 atom stereocenters. The molecule has 3 heteroatoms. The molecule has 0 aromatic heterocycles. The van der Waals surface area contributed by atoms with Gasteiger partial charge in [0.2, 0.25) is 0 Å². The predicted molar refractivity (Wildman–Crippen MR) is 68.5 cm³/mol. The summed E-state index contributed by atoms with van der Waals surface area (Å²) >= 11 is 0. The van der Waals surface area contributed by atoms with Gasteiger partial charge in [0.25, 0.3) is 0 Å². The van der Waals surface area contributed by atoms with Crippen LogP contribution in [0.15, 0.2) is 0 Å². The minimum absolute atomic E-state index is 0.247. The van der Waals surface area contributed by atoms with Gasteiger partial charge in [-0.3, -0.25) is 0 Å². The summed E-state index contributed by atoms with van der Waals surface area (Å²) in [6.45, 7) is 8.11. The molecule has 16 heavy (non-hydrogen) atoms. The highest BCUT2D eigenvalue weighted by atomic mass is 16.3. The first-order valence-corrected chi connectivity index (χ1v) is 6.40. The Kier molecular flexibility index (Phi) is 4.77. The van der Waals surface area contributed by atoms with Crippen LogP contribution in [0, 0.1) is 11.3 Å². The maximum Gasteiger partial charge on any atom is 0.0584 e. The molecule has 0 bridgehead atoms. The summed E-state index contributed by atoms with van der Waals surface area (Å²) < 4.78 is 0. The minimum Gasteiger partial charge on any atom is -0.395 e. The molecule has 3 nitrogen and oxygen atoms in total. The van der Waals surface area contributed by atoms with Gasteiger partial charge in [0, 0.05) is 18.6 Å². The van der Waals surface area contributed by atoms with Crippen molar-refractivity contribution >= 4 is 0 Å². The maximum atomic E-state index is 9.15. The van der Waals surface area contributed by atoms with Crippen molar-refractivity contribution in [3.63, 3.8) is 0 Å². The second-order valence-corrected chi connectivity index (χ2v) is 6.02. The maximum absolute atomic E-state index is 9.15. The predicted octanol–water partition coefficient (Wildman–Crippen LogP) is 1.32. The van der Waals surface area contributed by atoms with Crippen LogP contribution in [0.4, 0.5) is 0 Å². The monoisotopic (exact) mass is 228 g/mol. The quantitative estimate of drug-likeness (QED) is 0.745. The zero-order valence-corrected chi connectivity index (χ0v) is 11.5. The summed E-state index contributed by atoms with van der Waals surface area (Å²) in [5, 5.41) is 12.6. The second kappa shape index (κ2) is 5.48. The van der Waals surface area contributed by atoms with Crippen LogP contribution >= 0.6 is 0 Å². The average Bonchev–Trinajstić information content (AvgIpc) is 2.52. The SMILES string of the molecule is CNC1C(CN(C)C(C)CO)CCC1(C)C. The third-order valence-corrected chi connectivity index (χ3v) is 4.32. The molecule has 0 spiro atoms. The van der Waals surface area contributed by atoms with E-state index in [1.165, 1.54) is 12.8 Å². The standard InChI is InChI=1S/C13H28N2O/c1-10(9-16)15(5)8-11-6-7-13(2,3)12(11)14-4/h10-12,14,16H,6-9H2,1-5H3. The van der Waals surface area contributed by atoms with Crippen molar-refractivity contribution < 1.29 is 5.11 Å². The van der Waals surface area contributed by atoms with Gasteiger partial charge < -0.3 is 15.3 Å². The third kappa shape index (κ3) is 2.96. The van der Waals surface area contributed by atoms with Gasteiger partial charge in [0.05, 0.1) is 6.61 Å².